The van der Waals surface area contributed by atoms with E-state index in [0.29, 0.717) is 18.5 Å². The van der Waals surface area contributed by atoms with Crippen LogP contribution in [0.25, 0.3) is 10.9 Å². The van der Waals surface area contributed by atoms with E-state index in [1.807, 2.05) is 30.5 Å². The molecule has 2 aromatic heterocycles. The highest BCUT2D eigenvalue weighted by Crippen LogP contribution is 2.38. The fourth-order valence-corrected chi connectivity index (χ4v) is 5.01. The molecule has 1 aliphatic rings. The van der Waals surface area contributed by atoms with E-state index in [4.69, 9.17) is 5.73 Å². The number of aromatic nitrogens is 2. The monoisotopic (exact) mass is 488 g/mol. The zero-order chi connectivity index (χ0) is 25.5. The second-order valence-corrected chi connectivity index (χ2v) is 9.33. The van der Waals surface area contributed by atoms with E-state index in [0.717, 1.165) is 17.0 Å². The van der Waals surface area contributed by atoms with Crippen molar-refractivity contribution in [3.05, 3.63) is 47.9 Å². The lowest BCUT2D eigenvalue weighted by atomic mass is 9.86. The van der Waals surface area contributed by atoms with Gasteiger partial charge < -0.3 is 25.8 Å². The van der Waals surface area contributed by atoms with Gasteiger partial charge in [-0.2, -0.15) is 0 Å². The van der Waals surface area contributed by atoms with E-state index in [1.165, 1.54) is 11.9 Å². The van der Waals surface area contributed by atoms with Crippen LogP contribution in [0.2, 0.25) is 0 Å². The molecule has 0 spiro atoms. The summed E-state index contributed by atoms with van der Waals surface area (Å²) >= 11 is 0. The molecule has 1 fully saturated rings. The third-order valence-electron chi connectivity index (χ3n) is 6.79. The predicted molar refractivity (Wildman–Crippen MR) is 132 cm³/mol. The number of nitrogens with zero attached hydrogens (tertiary/aromatic N) is 3. The van der Waals surface area contributed by atoms with Crippen molar-refractivity contribution in [2.45, 2.75) is 57.2 Å². The zero-order valence-electron chi connectivity index (χ0n) is 20.3. The number of halogens is 3. The first-order chi connectivity index (χ1) is 16.5. The van der Waals surface area contributed by atoms with Crippen molar-refractivity contribution in [1.82, 2.24) is 14.9 Å². The van der Waals surface area contributed by atoms with Gasteiger partial charge in [0.1, 0.15) is 5.82 Å². The van der Waals surface area contributed by atoms with Crippen LogP contribution in [0.4, 0.5) is 30.5 Å². The number of anilines is 3. The number of alkyl halides is 2. The summed E-state index contributed by atoms with van der Waals surface area (Å²) in [6.07, 6.45) is 2.49. The van der Waals surface area contributed by atoms with Crippen LogP contribution in [-0.4, -0.2) is 47.6 Å². The van der Waals surface area contributed by atoms with Crippen LogP contribution < -0.4 is 21.3 Å². The molecule has 10 heteroatoms. The Kier molecular flexibility index (Phi) is 6.68. The van der Waals surface area contributed by atoms with E-state index in [-0.39, 0.29) is 29.7 Å². The highest BCUT2D eigenvalue weighted by molar-refractivity contribution is 6.01. The molecule has 3 aromatic rings. The van der Waals surface area contributed by atoms with Crippen LogP contribution in [-0.2, 0) is 0 Å². The summed E-state index contributed by atoms with van der Waals surface area (Å²) in [6, 6.07) is 7.01. The quantitative estimate of drug-likeness (QED) is 0.444. The Bertz CT molecular complexity index is 1240. The Morgan fingerprint density at radius 2 is 2.06 bits per heavy atom. The molecule has 4 N–H and O–H groups in total. The molecule has 1 saturated carbocycles. The van der Waals surface area contributed by atoms with E-state index >= 15 is 4.39 Å². The number of carbonyl (C=O) groups excluding carboxylic acids is 1. The Morgan fingerprint density at radius 1 is 1.31 bits per heavy atom. The highest BCUT2D eigenvalue weighted by Gasteiger charge is 2.48. The Morgan fingerprint density at radius 3 is 2.71 bits per heavy atom. The summed E-state index contributed by atoms with van der Waals surface area (Å²) in [5.41, 5.74) is 7.04. The number of benzene rings is 1. The van der Waals surface area contributed by atoms with Crippen LogP contribution in [0, 0.1) is 5.82 Å². The molecule has 0 saturated heterocycles. The first-order valence-corrected chi connectivity index (χ1v) is 11.7. The minimum atomic E-state index is -2.93. The van der Waals surface area contributed by atoms with Crippen LogP contribution in [0.5, 0.6) is 0 Å². The number of nitrogens with two attached hydrogens (primary N) is 1. The van der Waals surface area contributed by atoms with Gasteiger partial charge in [0, 0.05) is 36.8 Å². The van der Waals surface area contributed by atoms with Gasteiger partial charge in [-0.1, -0.05) is 6.07 Å². The molecule has 1 aliphatic carbocycles. The summed E-state index contributed by atoms with van der Waals surface area (Å²) in [7, 11) is 3.01. The summed E-state index contributed by atoms with van der Waals surface area (Å²) in [5.74, 6) is -4.66. The van der Waals surface area contributed by atoms with Gasteiger partial charge in [0.15, 0.2) is 11.6 Å². The number of rotatable bonds is 7. The number of likely N-dealkylation sites (N-methyl/N-ethyl adjacent to an activating group) is 2. The Hall–Kier alpha value is -3.27. The standard InChI is InChI=1S/C25H31F3N6O/c1-14(2)34-12-10-15-18(7-5-8-19(15)34)31-23-16(22(29)35)13-17(26)24(32-23)33(4)20-9-6-11-25(27,28)21(20)30-3/h5,7-8,10,12-14,20-21,30H,6,9,11H2,1-4H3,(H2,29,35)(H,31,32). The van der Waals surface area contributed by atoms with Gasteiger partial charge in [-0.05, 0) is 58.0 Å². The topological polar surface area (TPSA) is 88.2 Å². The largest absolute Gasteiger partial charge is 0.365 e. The third kappa shape index (κ3) is 4.54. The van der Waals surface area contributed by atoms with Gasteiger partial charge in [0.2, 0.25) is 0 Å². The number of pyridine rings is 1. The second kappa shape index (κ2) is 9.41. The summed E-state index contributed by atoms with van der Waals surface area (Å²) in [5, 5.41) is 6.72. The SMILES string of the molecule is CNC1C(N(C)c2nc(Nc3cccc4c3ccn4C(C)C)c(C(N)=O)cc2F)CCCC1(F)F. The van der Waals surface area contributed by atoms with Gasteiger partial charge in [-0.25, -0.2) is 18.2 Å². The van der Waals surface area contributed by atoms with E-state index < -0.39 is 29.7 Å². The number of nitrogens with one attached hydrogen (secondary N) is 2. The van der Waals surface area contributed by atoms with Gasteiger partial charge in [-0.3, -0.25) is 4.79 Å². The molecule has 0 aliphatic heterocycles. The van der Waals surface area contributed by atoms with Crippen LogP contribution >= 0.6 is 0 Å². The maximum atomic E-state index is 15.2. The molecule has 1 amide bonds. The second-order valence-electron chi connectivity index (χ2n) is 9.33. The molecule has 0 radical (unpaired) electrons. The van der Waals surface area contributed by atoms with Crippen LogP contribution in [0.3, 0.4) is 0 Å². The van der Waals surface area contributed by atoms with E-state index in [2.05, 4.69) is 34.0 Å². The van der Waals surface area contributed by atoms with Crippen molar-refractivity contribution >= 4 is 34.1 Å². The molecular formula is C25H31F3N6O. The van der Waals surface area contributed by atoms with Gasteiger partial charge >= 0.3 is 0 Å². The molecule has 4 rings (SSSR count). The Labute approximate surface area is 202 Å². The molecule has 7 nitrogen and oxygen atoms in total. The smallest absolute Gasteiger partial charge is 0.265 e. The van der Waals surface area contributed by atoms with Crippen molar-refractivity contribution in [3.8, 4) is 0 Å². The number of fused-ring (bicyclic) bond motifs is 1. The number of hydrogen-bond acceptors (Lipinski definition) is 5. The van der Waals surface area contributed by atoms with Crippen molar-refractivity contribution < 1.29 is 18.0 Å². The molecule has 2 unspecified atom stereocenters. The Balaban J connectivity index is 1.76. The molecule has 1 aromatic carbocycles. The summed E-state index contributed by atoms with van der Waals surface area (Å²) in [6.45, 7) is 4.14. The third-order valence-corrected chi connectivity index (χ3v) is 6.79. The first kappa shape index (κ1) is 24.8. The zero-order valence-corrected chi connectivity index (χ0v) is 20.3. The highest BCUT2D eigenvalue weighted by atomic mass is 19.3. The lowest BCUT2D eigenvalue weighted by Gasteiger charge is -2.42. The normalized spacial score (nSPS) is 19.8. The van der Waals surface area contributed by atoms with E-state index in [9.17, 15) is 13.6 Å². The average molecular weight is 489 g/mol. The first-order valence-electron chi connectivity index (χ1n) is 11.7. The van der Waals surface area contributed by atoms with Crippen molar-refractivity contribution in [2.24, 2.45) is 5.73 Å². The van der Waals surface area contributed by atoms with Crippen molar-refractivity contribution in [1.29, 1.82) is 0 Å². The van der Waals surface area contributed by atoms with Crippen LogP contribution in [0.15, 0.2) is 36.5 Å². The number of amides is 1. The summed E-state index contributed by atoms with van der Waals surface area (Å²) < 4.78 is 46.4. The number of primary amides is 1. The number of hydrogen-bond donors (Lipinski definition) is 3. The molecule has 188 valence electrons. The molecular weight excluding hydrogens is 457 g/mol. The van der Waals surface area contributed by atoms with Gasteiger partial charge in [-0.15, -0.1) is 0 Å². The molecule has 2 heterocycles. The molecule has 35 heavy (non-hydrogen) atoms. The van der Waals surface area contributed by atoms with Crippen LogP contribution in [0.1, 0.15) is 49.5 Å². The minimum absolute atomic E-state index is 0.0640. The maximum Gasteiger partial charge on any atom is 0.265 e. The lowest BCUT2D eigenvalue weighted by molar-refractivity contribution is -0.0685. The van der Waals surface area contributed by atoms with Gasteiger partial charge in [0.25, 0.3) is 11.8 Å². The summed E-state index contributed by atoms with van der Waals surface area (Å²) in [4.78, 5) is 18.0. The van der Waals surface area contributed by atoms with Gasteiger partial charge in [0.05, 0.1) is 23.2 Å². The number of carbonyl (C=O) groups is 1. The van der Waals surface area contributed by atoms with Crippen molar-refractivity contribution in [3.63, 3.8) is 0 Å². The molecule has 2 atom stereocenters. The maximum absolute atomic E-state index is 15.2. The predicted octanol–water partition coefficient (Wildman–Crippen LogP) is 4.81. The lowest BCUT2D eigenvalue weighted by Crippen LogP contribution is -2.59. The average Bonchev–Trinajstić information content (AvgIpc) is 3.24. The van der Waals surface area contributed by atoms with E-state index in [1.54, 1.807) is 7.05 Å². The minimum Gasteiger partial charge on any atom is -0.365 e. The fraction of sp³-hybridized carbons (Fsp3) is 0.440. The molecule has 0 bridgehead atoms. The van der Waals surface area contributed by atoms with Crippen molar-refractivity contribution in [2.75, 3.05) is 24.3 Å². The fourth-order valence-electron chi connectivity index (χ4n) is 5.01.